The van der Waals surface area contributed by atoms with E-state index in [4.69, 9.17) is 0 Å². The second kappa shape index (κ2) is 5.66. The highest BCUT2D eigenvalue weighted by molar-refractivity contribution is 5.98. The van der Waals surface area contributed by atoms with Crippen LogP contribution < -0.4 is 4.90 Å². The van der Waals surface area contributed by atoms with Crippen LogP contribution in [0.15, 0.2) is 48.5 Å². The maximum atomic E-state index is 12.7. The lowest BCUT2D eigenvalue weighted by Gasteiger charge is -2.35. The monoisotopic (exact) mass is 267 g/mol. The van der Waals surface area contributed by atoms with Gasteiger partial charge in [-0.15, -0.1) is 0 Å². The third-order valence-corrected chi connectivity index (χ3v) is 4.57. The fourth-order valence-corrected chi connectivity index (χ4v) is 3.33. The number of carbonyl (C=O) groups is 1. The van der Waals surface area contributed by atoms with E-state index in [9.17, 15) is 4.79 Å². The molecule has 3 rings (SSSR count). The number of hydrogen-bond acceptors (Lipinski definition) is 2. The summed E-state index contributed by atoms with van der Waals surface area (Å²) in [4.78, 5) is 15.0. The largest absolute Gasteiger partial charge is 0.372 e. The minimum Gasteiger partial charge on any atom is -0.372 e. The summed E-state index contributed by atoms with van der Waals surface area (Å²) in [5.74, 6) is 0.503. The Morgan fingerprint density at radius 2 is 1.80 bits per heavy atom. The van der Waals surface area contributed by atoms with Crippen molar-refractivity contribution in [2.75, 3.05) is 11.9 Å². The zero-order chi connectivity index (χ0) is 13.9. The summed E-state index contributed by atoms with van der Waals surface area (Å²) in [5.41, 5.74) is 2.02. The molecule has 1 aliphatic carbocycles. The highest BCUT2D eigenvalue weighted by Gasteiger charge is 2.30. The quantitative estimate of drug-likeness (QED) is 0.708. The number of hydrogen-bond donors (Lipinski definition) is 0. The van der Waals surface area contributed by atoms with Gasteiger partial charge in [0.05, 0.1) is 0 Å². The summed E-state index contributed by atoms with van der Waals surface area (Å²) in [5, 5.41) is 0. The number of nitrogens with zero attached hydrogens (tertiary/aromatic N) is 1. The van der Waals surface area contributed by atoms with Crippen LogP contribution in [-0.2, 0) is 0 Å². The summed E-state index contributed by atoms with van der Waals surface area (Å²) in [6.45, 7) is 0. The average Bonchev–Trinajstić information content (AvgIpc) is 2.53. The maximum Gasteiger partial charge on any atom is 0.166 e. The van der Waals surface area contributed by atoms with Gasteiger partial charge in [0.2, 0.25) is 0 Å². The smallest absolute Gasteiger partial charge is 0.166 e. The van der Waals surface area contributed by atoms with Crippen molar-refractivity contribution in [2.24, 2.45) is 5.92 Å². The van der Waals surface area contributed by atoms with Gasteiger partial charge in [-0.3, -0.25) is 4.79 Å². The molecule has 1 aromatic carbocycles. The van der Waals surface area contributed by atoms with E-state index >= 15 is 0 Å². The molecule has 2 unspecified atom stereocenters. The van der Waals surface area contributed by atoms with E-state index in [0.29, 0.717) is 11.8 Å². The molecular weight excluding hydrogens is 246 g/mol. The van der Waals surface area contributed by atoms with Crippen molar-refractivity contribution in [1.82, 2.24) is 0 Å². The fraction of sp³-hybridized carbons (Fsp3) is 0.389. The van der Waals surface area contributed by atoms with Gasteiger partial charge in [0.25, 0.3) is 0 Å². The molecule has 104 valence electrons. The van der Waals surface area contributed by atoms with Gasteiger partial charge in [-0.25, -0.2) is 0 Å². The van der Waals surface area contributed by atoms with E-state index in [1.54, 1.807) is 0 Å². The van der Waals surface area contributed by atoms with Crippen LogP contribution in [0.25, 0.3) is 0 Å². The number of ketones is 1. The molecule has 0 saturated heterocycles. The summed E-state index contributed by atoms with van der Waals surface area (Å²) in [6.07, 6.45) is 4.36. The number of rotatable bonds is 0. The summed E-state index contributed by atoms with van der Waals surface area (Å²) < 4.78 is 0. The first-order valence-electron chi connectivity index (χ1n) is 7.46. The van der Waals surface area contributed by atoms with Crippen molar-refractivity contribution in [3.8, 4) is 0 Å². The van der Waals surface area contributed by atoms with Gasteiger partial charge in [0.15, 0.2) is 5.78 Å². The van der Waals surface area contributed by atoms with Crippen LogP contribution in [0.3, 0.4) is 0 Å². The third kappa shape index (κ3) is 2.55. The second-order valence-corrected chi connectivity index (χ2v) is 5.81. The predicted molar refractivity (Wildman–Crippen MR) is 82.5 cm³/mol. The Kier molecular flexibility index (Phi) is 3.72. The van der Waals surface area contributed by atoms with Gasteiger partial charge in [-0.1, -0.05) is 36.8 Å². The van der Waals surface area contributed by atoms with Gasteiger partial charge in [-0.05, 0) is 37.5 Å². The van der Waals surface area contributed by atoms with Crippen molar-refractivity contribution in [2.45, 2.75) is 31.7 Å². The molecule has 1 fully saturated rings. The van der Waals surface area contributed by atoms with E-state index < -0.39 is 0 Å². The molecule has 1 heterocycles. The molecule has 4 bridgehead atoms. The van der Waals surface area contributed by atoms with Crippen LogP contribution in [0, 0.1) is 5.92 Å². The number of anilines is 1. The van der Waals surface area contributed by atoms with Crippen LogP contribution in [0.4, 0.5) is 5.69 Å². The Balaban J connectivity index is 2.17. The van der Waals surface area contributed by atoms with Crippen LogP contribution in [0.5, 0.6) is 0 Å². The minimum absolute atomic E-state index is 0.188. The van der Waals surface area contributed by atoms with Crippen molar-refractivity contribution < 1.29 is 4.79 Å². The first kappa shape index (κ1) is 13.2. The van der Waals surface area contributed by atoms with E-state index in [1.807, 2.05) is 30.3 Å². The molecule has 1 aromatic rings. The molecule has 2 aliphatic rings. The topological polar surface area (TPSA) is 20.3 Å². The highest BCUT2D eigenvalue weighted by Crippen LogP contribution is 2.32. The molecule has 0 radical (unpaired) electrons. The summed E-state index contributed by atoms with van der Waals surface area (Å²) >= 11 is 0. The zero-order valence-corrected chi connectivity index (χ0v) is 12.0. The average molecular weight is 267 g/mol. The van der Waals surface area contributed by atoms with Crippen molar-refractivity contribution in [3.05, 3.63) is 54.1 Å². The van der Waals surface area contributed by atoms with Gasteiger partial charge in [0.1, 0.15) is 0 Å². The third-order valence-electron chi connectivity index (χ3n) is 4.57. The Morgan fingerprint density at radius 1 is 1.00 bits per heavy atom. The Bertz CT molecular complexity index is 565. The molecule has 2 heteroatoms. The molecule has 20 heavy (non-hydrogen) atoms. The predicted octanol–water partition coefficient (Wildman–Crippen LogP) is 4.00. The van der Waals surface area contributed by atoms with E-state index in [-0.39, 0.29) is 5.92 Å². The molecular formula is C18H21NO. The lowest BCUT2D eigenvalue weighted by molar-refractivity contribution is 0.0881. The molecule has 2 atom stereocenters. The normalized spacial score (nSPS) is 24.4. The number of carbonyl (C=O) groups excluding carboxylic acids is 1. The molecule has 1 saturated carbocycles. The van der Waals surface area contributed by atoms with Crippen LogP contribution in [0.1, 0.15) is 36.0 Å². The lowest BCUT2D eigenvalue weighted by Crippen LogP contribution is -2.37. The van der Waals surface area contributed by atoms with Gasteiger partial charge in [0, 0.05) is 30.3 Å². The van der Waals surface area contributed by atoms with E-state index in [2.05, 4.69) is 30.1 Å². The molecule has 0 amide bonds. The number of Topliss-reactive ketones (excluding diaryl/α,β-unsaturated/α-hetero) is 1. The molecule has 0 aromatic heterocycles. The van der Waals surface area contributed by atoms with Crippen molar-refractivity contribution >= 4 is 11.5 Å². The Hall–Kier alpha value is -1.83. The zero-order valence-electron chi connectivity index (χ0n) is 12.0. The second-order valence-electron chi connectivity index (χ2n) is 5.81. The van der Waals surface area contributed by atoms with Gasteiger partial charge >= 0.3 is 0 Å². The Labute approximate surface area is 120 Å². The molecule has 2 nitrogen and oxygen atoms in total. The van der Waals surface area contributed by atoms with Gasteiger partial charge in [-0.2, -0.15) is 0 Å². The van der Waals surface area contributed by atoms with Crippen LogP contribution >= 0.6 is 0 Å². The molecule has 1 aliphatic heterocycles. The van der Waals surface area contributed by atoms with E-state index in [0.717, 1.165) is 24.8 Å². The van der Waals surface area contributed by atoms with Crippen molar-refractivity contribution in [3.63, 3.8) is 0 Å². The first-order chi connectivity index (χ1) is 9.75. The van der Waals surface area contributed by atoms with Crippen LogP contribution in [-0.4, -0.2) is 18.9 Å². The van der Waals surface area contributed by atoms with Gasteiger partial charge < -0.3 is 4.90 Å². The standard InChI is InChI=1S/C18H21NO/c1-19-16-9-5-3-2-4-7-14(11-12-16)18(20)15-8-6-10-17(19)13-15/h2-5,7,9,11-12,15,17H,6,8,10,13H2,1H3. The summed E-state index contributed by atoms with van der Waals surface area (Å²) in [7, 11) is 2.15. The lowest BCUT2D eigenvalue weighted by atomic mass is 9.81. The number of fused-ring (bicyclic) bond motifs is 5. The van der Waals surface area contributed by atoms with E-state index in [1.165, 1.54) is 12.1 Å². The maximum absolute atomic E-state index is 12.7. The summed E-state index contributed by atoms with van der Waals surface area (Å²) in [6, 6.07) is 16.6. The first-order valence-corrected chi connectivity index (χ1v) is 7.46. The van der Waals surface area contributed by atoms with Crippen molar-refractivity contribution in [1.29, 1.82) is 0 Å². The Morgan fingerprint density at radius 3 is 2.65 bits per heavy atom. The highest BCUT2D eigenvalue weighted by atomic mass is 16.1. The fourth-order valence-electron chi connectivity index (χ4n) is 3.33. The molecule has 0 spiro atoms. The molecule has 0 N–H and O–H groups in total. The minimum atomic E-state index is 0.188. The SMILES string of the molecule is CN1c2ccccccc(cc2)C(=O)C2CCCC1C2. The van der Waals surface area contributed by atoms with Crippen LogP contribution in [0.2, 0.25) is 0 Å².